The number of rotatable bonds is 6. The summed E-state index contributed by atoms with van der Waals surface area (Å²) in [4.78, 5) is 23.6. The number of ether oxygens (including phenoxy) is 1. The third-order valence-corrected chi connectivity index (χ3v) is 3.07. The highest BCUT2D eigenvalue weighted by Gasteiger charge is 2.18. The Balaban J connectivity index is 1.72. The SMILES string of the molecule is O=C(OCCCN1CCN/C1=C\[N+](=O)[O-])c1ccccc1. The number of carbonyl (C=O) groups is 1. The quantitative estimate of drug-likeness (QED) is 0.367. The molecular weight excluding hydrogens is 274 g/mol. The molecule has 0 unspecified atom stereocenters. The van der Waals surface area contributed by atoms with Crippen LogP contribution in [0.2, 0.25) is 0 Å². The molecule has 2 rings (SSSR count). The molecular formula is C14H17N3O4. The molecule has 0 saturated carbocycles. The molecule has 0 spiro atoms. The Morgan fingerprint density at radius 3 is 2.90 bits per heavy atom. The van der Waals surface area contributed by atoms with E-state index >= 15 is 0 Å². The predicted octanol–water partition coefficient (Wildman–Crippen LogP) is 1.21. The second kappa shape index (κ2) is 7.28. The summed E-state index contributed by atoms with van der Waals surface area (Å²) in [6.07, 6.45) is 1.58. The lowest BCUT2D eigenvalue weighted by molar-refractivity contribution is -0.404. The van der Waals surface area contributed by atoms with E-state index in [1.165, 1.54) is 0 Å². The van der Waals surface area contributed by atoms with Crippen LogP contribution in [0.5, 0.6) is 0 Å². The van der Waals surface area contributed by atoms with Gasteiger partial charge in [0.25, 0.3) is 6.20 Å². The van der Waals surface area contributed by atoms with Gasteiger partial charge in [0.05, 0.1) is 17.1 Å². The molecule has 21 heavy (non-hydrogen) atoms. The van der Waals surface area contributed by atoms with Gasteiger partial charge in [0.1, 0.15) is 0 Å². The van der Waals surface area contributed by atoms with Gasteiger partial charge in [0, 0.05) is 19.6 Å². The minimum atomic E-state index is -0.476. The number of benzene rings is 1. The third kappa shape index (κ3) is 4.48. The second-order valence-electron chi connectivity index (χ2n) is 4.57. The number of nitro groups is 1. The number of hydrogen-bond acceptors (Lipinski definition) is 6. The van der Waals surface area contributed by atoms with Gasteiger partial charge in [-0.15, -0.1) is 0 Å². The fraction of sp³-hybridized carbons (Fsp3) is 0.357. The highest BCUT2D eigenvalue weighted by atomic mass is 16.6. The summed E-state index contributed by atoms with van der Waals surface area (Å²) in [5.41, 5.74) is 0.522. The summed E-state index contributed by atoms with van der Waals surface area (Å²) in [5.74, 6) is 0.158. The van der Waals surface area contributed by atoms with Crippen LogP contribution in [-0.4, -0.2) is 42.0 Å². The Morgan fingerprint density at radius 2 is 2.19 bits per heavy atom. The van der Waals surface area contributed by atoms with E-state index in [0.29, 0.717) is 37.4 Å². The Morgan fingerprint density at radius 1 is 1.43 bits per heavy atom. The van der Waals surface area contributed by atoms with Crippen molar-refractivity contribution in [1.82, 2.24) is 10.2 Å². The summed E-state index contributed by atoms with van der Waals surface area (Å²) in [7, 11) is 0. The van der Waals surface area contributed by atoms with Crippen molar-refractivity contribution < 1.29 is 14.5 Å². The minimum Gasteiger partial charge on any atom is -0.462 e. The molecule has 1 aromatic rings. The minimum absolute atomic E-state index is 0.288. The number of esters is 1. The van der Waals surface area contributed by atoms with Gasteiger partial charge in [-0.3, -0.25) is 10.1 Å². The van der Waals surface area contributed by atoms with Crippen LogP contribution in [-0.2, 0) is 4.74 Å². The lowest BCUT2D eigenvalue weighted by atomic mass is 10.2. The molecule has 0 atom stereocenters. The van der Waals surface area contributed by atoms with E-state index in [9.17, 15) is 14.9 Å². The third-order valence-electron chi connectivity index (χ3n) is 3.07. The van der Waals surface area contributed by atoms with Gasteiger partial charge in [-0.1, -0.05) is 18.2 Å². The molecule has 1 aliphatic heterocycles. The van der Waals surface area contributed by atoms with Crippen LogP contribution < -0.4 is 5.32 Å². The fourth-order valence-corrected chi connectivity index (χ4v) is 2.09. The van der Waals surface area contributed by atoms with E-state index in [1.807, 2.05) is 11.0 Å². The van der Waals surface area contributed by atoms with E-state index in [2.05, 4.69) is 5.32 Å². The van der Waals surface area contributed by atoms with Gasteiger partial charge in [-0.25, -0.2) is 4.79 Å². The average molecular weight is 291 g/mol. The lowest BCUT2D eigenvalue weighted by Gasteiger charge is -2.16. The molecule has 0 radical (unpaired) electrons. The summed E-state index contributed by atoms with van der Waals surface area (Å²) < 4.78 is 5.16. The van der Waals surface area contributed by atoms with E-state index in [4.69, 9.17) is 4.74 Å². The molecule has 1 aliphatic rings. The fourth-order valence-electron chi connectivity index (χ4n) is 2.09. The van der Waals surface area contributed by atoms with E-state index < -0.39 is 4.92 Å². The van der Waals surface area contributed by atoms with Crippen LogP contribution >= 0.6 is 0 Å². The maximum Gasteiger partial charge on any atom is 0.338 e. The van der Waals surface area contributed by atoms with Crippen LogP contribution in [0.3, 0.4) is 0 Å². The van der Waals surface area contributed by atoms with E-state index in [0.717, 1.165) is 6.20 Å². The van der Waals surface area contributed by atoms with Crippen molar-refractivity contribution in [2.75, 3.05) is 26.2 Å². The van der Waals surface area contributed by atoms with Crippen LogP contribution in [0.1, 0.15) is 16.8 Å². The van der Waals surface area contributed by atoms with Crippen LogP contribution in [0, 0.1) is 10.1 Å². The topological polar surface area (TPSA) is 84.7 Å². The zero-order valence-electron chi connectivity index (χ0n) is 11.5. The van der Waals surface area contributed by atoms with Gasteiger partial charge in [-0.05, 0) is 18.6 Å². The van der Waals surface area contributed by atoms with E-state index in [-0.39, 0.29) is 12.6 Å². The first-order valence-electron chi connectivity index (χ1n) is 6.73. The average Bonchev–Trinajstić information content (AvgIpc) is 2.91. The van der Waals surface area contributed by atoms with Gasteiger partial charge >= 0.3 is 5.97 Å². The smallest absolute Gasteiger partial charge is 0.338 e. The first-order chi connectivity index (χ1) is 10.2. The monoisotopic (exact) mass is 291 g/mol. The van der Waals surface area contributed by atoms with Gasteiger partial charge in [-0.2, -0.15) is 0 Å². The standard InChI is InChI=1S/C14H17N3O4/c18-14(12-5-2-1-3-6-12)21-10-4-8-16-9-7-15-13(16)11-17(19)20/h1-3,5-6,11,15H,4,7-10H2/b13-11+. The molecule has 1 aromatic carbocycles. The molecule has 1 fully saturated rings. The molecule has 1 saturated heterocycles. The molecule has 0 aliphatic carbocycles. The van der Waals surface area contributed by atoms with Crippen molar-refractivity contribution >= 4 is 5.97 Å². The Kier molecular flexibility index (Phi) is 5.14. The zero-order valence-corrected chi connectivity index (χ0v) is 11.5. The molecule has 0 aromatic heterocycles. The van der Waals surface area contributed by atoms with Crippen LogP contribution in [0.25, 0.3) is 0 Å². The number of carbonyl (C=O) groups excluding carboxylic acids is 1. The Hall–Kier alpha value is -2.57. The van der Waals surface area contributed by atoms with Crippen molar-refractivity contribution in [2.45, 2.75) is 6.42 Å². The molecule has 1 heterocycles. The summed E-state index contributed by atoms with van der Waals surface area (Å²) in [6, 6.07) is 8.79. The molecule has 7 nitrogen and oxygen atoms in total. The zero-order chi connectivity index (χ0) is 15.1. The summed E-state index contributed by atoms with van der Waals surface area (Å²) in [6.45, 7) is 2.29. The van der Waals surface area contributed by atoms with E-state index in [1.54, 1.807) is 24.3 Å². The summed E-state index contributed by atoms with van der Waals surface area (Å²) in [5, 5.41) is 13.4. The number of nitrogens with one attached hydrogen (secondary N) is 1. The van der Waals surface area contributed by atoms with Gasteiger partial charge < -0.3 is 15.0 Å². The van der Waals surface area contributed by atoms with Gasteiger partial charge in [0.2, 0.25) is 0 Å². The number of hydrogen-bond donors (Lipinski definition) is 1. The molecule has 1 N–H and O–H groups in total. The normalized spacial score (nSPS) is 15.8. The molecule has 112 valence electrons. The van der Waals surface area contributed by atoms with Crippen molar-refractivity contribution in [3.8, 4) is 0 Å². The Labute approximate surface area is 122 Å². The maximum atomic E-state index is 11.7. The maximum absolute atomic E-state index is 11.7. The van der Waals surface area contributed by atoms with Crippen molar-refractivity contribution in [3.05, 3.63) is 58.0 Å². The number of nitrogens with zero attached hydrogens (tertiary/aromatic N) is 2. The van der Waals surface area contributed by atoms with Crippen molar-refractivity contribution in [1.29, 1.82) is 0 Å². The second-order valence-corrected chi connectivity index (χ2v) is 4.57. The van der Waals surface area contributed by atoms with Crippen LogP contribution in [0.4, 0.5) is 0 Å². The largest absolute Gasteiger partial charge is 0.462 e. The molecule has 0 bridgehead atoms. The summed E-state index contributed by atoms with van der Waals surface area (Å²) >= 11 is 0. The molecule has 0 amide bonds. The first-order valence-corrected chi connectivity index (χ1v) is 6.73. The first kappa shape index (κ1) is 14.8. The molecule has 7 heteroatoms. The van der Waals surface area contributed by atoms with Gasteiger partial charge in [0.15, 0.2) is 5.82 Å². The predicted molar refractivity (Wildman–Crippen MR) is 76.0 cm³/mol. The highest BCUT2D eigenvalue weighted by molar-refractivity contribution is 5.89. The van der Waals surface area contributed by atoms with Crippen molar-refractivity contribution in [3.63, 3.8) is 0 Å². The van der Waals surface area contributed by atoms with Crippen molar-refractivity contribution in [2.24, 2.45) is 0 Å². The highest BCUT2D eigenvalue weighted by Crippen LogP contribution is 2.08. The lowest BCUT2D eigenvalue weighted by Crippen LogP contribution is -2.23. The van der Waals surface area contributed by atoms with Crippen LogP contribution in [0.15, 0.2) is 42.4 Å². The Bertz CT molecular complexity index is 530.